The van der Waals surface area contributed by atoms with Crippen molar-refractivity contribution < 1.29 is 9.21 Å². The molecule has 0 aliphatic carbocycles. The van der Waals surface area contributed by atoms with Gasteiger partial charge in [-0.25, -0.2) is 0 Å². The van der Waals surface area contributed by atoms with Crippen LogP contribution in [0.25, 0.3) is 11.5 Å². The average Bonchev–Trinajstić information content (AvgIpc) is 3.07. The van der Waals surface area contributed by atoms with Crippen molar-refractivity contribution in [3.8, 4) is 11.5 Å². The third kappa shape index (κ3) is 2.59. The van der Waals surface area contributed by atoms with Crippen LogP contribution in [-0.4, -0.2) is 21.1 Å². The number of rotatable bonds is 3. The molecule has 23 heavy (non-hydrogen) atoms. The normalized spacial score (nSPS) is 13.9. The van der Waals surface area contributed by atoms with Crippen molar-refractivity contribution in [3.63, 3.8) is 0 Å². The van der Waals surface area contributed by atoms with Gasteiger partial charge in [0.25, 0.3) is 0 Å². The van der Waals surface area contributed by atoms with Crippen LogP contribution in [0.15, 0.2) is 53.2 Å². The van der Waals surface area contributed by atoms with E-state index in [1.54, 1.807) is 17.3 Å². The standard InChI is InChI=1S/C17H14N4O2/c22-16-8-7-12-4-1-2-6-14(12)21(16)11-15-19-20-17(23-15)13-5-3-9-18-10-13/h1-6,9-10H,7-8,11H2. The van der Waals surface area contributed by atoms with Crippen molar-refractivity contribution in [3.05, 3.63) is 60.2 Å². The van der Waals surface area contributed by atoms with Crippen LogP contribution in [-0.2, 0) is 17.8 Å². The first kappa shape index (κ1) is 13.6. The number of hydrogen-bond donors (Lipinski definition) is 0. The Bertz CT molecular complexity index is 845. The van der Waals surface area contributed by atoms with Crippen LogP contribution in [0.5, 0.6) is 0 Å². The molecule has 0 atom stereocenters. The number of amides is 1. The van der Waals surface area contributed by atoms with Gasteiger partial charge in [-0.1, -0.05) is 18.2 Å². The molecule has 0 radical (unpaired) electrons. The fourth-order valence-electron chi connectivity index (χ4n) is 2.73. The lowest BCUT2D eigenvalue weighted by Gasteiger charge is -2.28. The van der Waals surface area contributed by atoms with Crippen molar-refractivity contribution in [1.82, 2.24) is 15.2 Å². The van der Waals surface area contributed by atoms with Gasteiger partial charge in [-0.3, -0.25) is 9.78 Å². The minimum Gasteiger partial charge on any atom is -0.419 e. The molecule has 6 heteroatoms. The summed E-state index contributed by atoms with van der Waals surface area (Å²) >= 11 is 0. The second-order valence-corrected chi connectivity index (χ2v) is 5.35. The Morgan fingerprint density at radius 2 is 2.00 bits per heavy atom. The highest BCUT2D eigenvalue weighted by atomic mass is 16.4. The molecule has 0 bridgehead atoms. The minimum absolute atomic E-state index is 0.0739. The SMILES string of the molecule is O=C1CCc2ccccc2N1Cc1nnc(-c2cccnc2)o1. The second-order valence-electron chi connectivity index (χ2n) is 5.35. The lowest BCUT2D eigenvalue weighted by molar-refractivity contribution is -0.119. The minimum atomic E-state index is 0.0739. The molecule has 0 N–H and O–H groups in total. The van der Waals surface area contributed by atoms with E-state index in [4.69, 9.17) is 4.42 Å². The number of fused-ring (bicyclic) bond motifs is 1. The Kier molecular flexibility index (Phi) is 3.34. The number of nitrogens with zero attached hydrogens (tertiary/aromatic N) is 4. The molecule has 0 spiro atoms. The predicted molar refractivity (Wildman–Crippen MR) is 83.5 cm³/mol. The molecule has 0 unspecified atom stereocenters. The summed E-state index contributed by atoms with van der Waals surface area (Å²) in [6.07, 6.45) is 4.62. The monoisotopic (exact) mass is 306 g/mol. The maximum absolute atomic E-state index is 12.3. The van der Waals surface area contributed by atoms with Crippen LogP contribution < -0.4 is 4.90 Å². The third-order valence-electron chi connectivity index (χ3n) is 3.86. The second kappa shape index (κ2) is 5.64. The van der Waals surface area contributed by atoms with Crippen molar-refractivity contribution in [2.24, 2.45) is 0 Å². The zero-order valence-corrected chi connectivity index (χ0v) is 12.3. The fraction of sp³-hybridized carbons (Fsp3) is 0.176. The molecular formula is C17H14N4O2. The Morgan fingerprint density at radius 1 is 1.09 bits per heavy atom. The highest BCUT2D eigenvalue weighted by Crippen LogP contribution is 2.29. The highest BCUT2D eigenvalue weighted by molar-refractivity contribution is 5.96. The molecule has 0 saturated carbocycles. The number of pyridine rings is 1. The first-order valence-corrected chi connectivity index (χ1v) is 7.42. The Hall–Kier alpha value is -3.02. The largest absolute Gasteiger partial charge is 0.419 e. The summed E-state index contributed by atoms with van der Waals surface area (Å²) in [5.74, 6) is 0.893. The van der Waals surface area contributed by atoms with Crippen molar-refractivity contribution in [2.75, 3.05) is 4.90 Å². The van der Waals surface area contributed by atoms with Crippen LogP contribution in [0.2, 0.25) is 0 Å². The van der Waals surface area contributed by atoms with Gasteiger partial charge in [0.15, 0.2) is 0 Å². The number of aromatic nitrogens is 3. The van der Waals surface area contributed by atoms with Crippen LogP contribution >= 0.6 is 0 Å². The molecule has 2 aromatic heterocycles. The lowest BCUT2D eigenvalue weighted by atomic mass is 10.0. The molecule has 3 heterocycles. The number of hydrogen-bond acceptors (Lipinski definition) is 5. The molecular weight excluding hydrogens is 292 g/mol. The third-order valence-corrected chi connectivity index (χ3v) is 3.86. The number of carbonyl (C=O) groups is 1. The maximum atomic E-state index is 12.3. The summed E-state index contributed by atoms with van der Waals surface area (Å²) in [4.78, 5) is 18.0. The molecule has 1 amide bonds. The Labute approximate surface area is 132 Å². The van der Waals surface area contributed by atoms with Gasteiger partial charge in [-0.2, -0.15) is 0 Å². The van der Waals surface area contributed by atoms with Gasteiger partial charge in [-0.15, -0.1) is 10.2 Å². The van der Waals surface area contributed by atoms with E-state index in [-0.39, 0.29) is 12.5 Å². The highest BCUT2D eigenvalue weighted by Gasteiger charge is 2.25. The number of carbonyl (C=O) groups excluding carboxylic acids is 1. The molecule has 114 valence electrons. The first-order valence-electron chi connectivity index (χ1n) is 7.42. The van der Waals surface area contributed by atoms with Gasteiger partial charge in [0.1, 0.15) is 6.54 Å². The Morgan fingerprint density at radius 3 is 2.87 bits per heavy atom. The molecule has 4 rings (SSSR count). The van der Waals surface area contributed by atoms with E-state index in [1.165, 1.54) is 5.56 Å². The van der Waals surface area contributed by atoms with Crippen LogP contribution in [0.4, 0.5) is 5.69 Å². The van der Waals surface area contributed by atoms with Gasteiger partial charge < -0.3 is 9.32 Å². The van der Waals surface area contributed by atoms with E-state index < -0.39 is 0 Å². The number of aryl methyl sites for hydroxylation is 1. The van der Waals surface area contributed by atoms with Crippen molar-refractivity contribution in [2.45, 2.75) is 19.4 Å². The summed E-state index contributed by atoms with van der Waals surface area (Å²) in [7, 11) is 0. The fourth-order valence-corrected chi connectivity index (χ4v) is 2.73. The first-order chi connectivity index (χ1) is 11.3. The van der Waals surface area contributed by atoms with Crippen molar-refractivity contribution in [1.29, 1.82) is 0 Å². The summed E-state index contributed by atoms with van der Waals surface area (Å²) in [5.41, 5.74) is 2.85. The zero-order valence-electron chi connectivity index (χ0n) is 12.3. The number of anilines is 1. The Balaban J connectivity index is 1.61. The van der Waals surface area contributed by atoms with E-state index >= 15 is 0 Å². The van der Waals surface area contributed by atoms with Crippen molar-refractivity contribution >= 4 is 11.6 Å². The van der Waals surface area contributed by atoms with Gasteiger partial charge in [0, 0.05) is 24.5 Å². The molecule has 1 aliphatic heterocycles. The van der Waals surface area contributed by atoms with Crippen LogP contribution in [0, 0.1) is 0 Å². The summed E-state index contributed by atoms with van der Waals surface area (Å²) in [5, 5.41) is 8.09. The van der Waals surface area contributed by atoms with Gasteiger partial charge in [-0.05, 0) is 30.2 Å². The molecule has 1 aliphatic rings. The van der Waals surface area contributed by atoms with E-state index in [1.807, 2.05) is 36.4 Å². The maximum Gasteiger partial charge on any atom is 0.249 e. The van der Waals surface area contributed by atoms with Crippen LogP contribution in [0.1, 0.15) is 17.9 Å². The van der Waals surface area contributed by atoms with E-state index in [0.717, 1.165) is 17.7 Å². The van der Waals surface area contributed by atoms with E-state index in [2.05, 4.69) is 15.2 Å². The summed E-state index contributed by atoms with van der Waals surface area (Å²) < 4.78 is 5.68. The topological polar surface area (TPSA) is 72.1 Å². The number of benzene rings is 1. The van der Waals surface area contributed by atoms with E-state index in [9.17, 15) is 4.79 Å². The zero-order chi connectivity index (χ0) is 15.6. The molecule has 1 aromatic carbocycles. The molecule has 3 aromatic rings. The number of para-hydroxylation sites is 1. The molecule has 0 fully saturated rings. The predicted octanol–water partition coefficient (Wildman–Crippen LogP) is 2.61. The quantitative estimate of drug-likeness (QED) is 0.743. The summed E-state index contributed by atoms with van der Waals surface area (Å²) in [6, 6.07) is 11.6. The van der Waals surface area contributed by atoms with Gasteiger partial charge >= 0.3 is 0 Å². The molecule has 6 nitrogen and oxygen atoms in total. The van der Waals surface area contributed by atoms with Gasteiger partial charge in [0.05, 0.1) is 5.56 Å². The lowest BCUT2D eigenvalue weighted by Crippen LogP contribution is -2.34. The average molecular weight is 306 g/mol. The van der Waals surface area contributed by atoms with E-state index in [0.29, 0.717) is 18.2 Å². The summed E-state index contributed by atoms with van der Waals surface area (Å²) in [6.45, 7) is 0.281. The smallest absolute Gasteiger partial charge is 0.249 e. The van der Waals surface area contributed by atoms with Gasteiger partial charge in [0.2, 0.25) is 17.7 Å². The van der Waals surface area contributed by atoms with Crippen LogP contribution in [0.3, 0.4) is 0 Å². The molecule has 0 saturated heterocycles.